The van der Waals surface area contributed by atoms with Gasteiger partial charge in [-0.05, 0) is 24.3 Å². The fourth-order valence-corrected chi connectivity index (χ4v) is 6.78. The number of methoxy groups -OCH3 is 1. The molecule has 0 saturated carbocycles. The molecule has 1 unspecified atom stereocenters. The van der Waals surface area contributed by atoms with E-state index >= 15 is 0 Å². The summed E-state index contributed by atoms with van der Waals surface area (Å²) in [4.78, 5) is 25.2. The number of halogens is 2. The normalized spacial score (nSPS) is 13.7. The van der Waals surface area contributed by atoms with Crippen molar-refractivity contribution in [1.29, 1.82) is 0 Å². The third kappa shape index (κ3) is 5.12. The van der Waals surface area contributed by atoms with E-state index in [1.54, 1.807) is 6.07 Å². The molecule has 2 N–H and O–H groups in total. The predicted molar refractivity (Wildman–Crippen MR) is 113 cm³/mol. The van der Waals surface area contributed by atoms with Crippen molar-refractivity contribution in [2.45, 2.75) is 4.21 Å². The van der Waals surface area contributed by atoms with Crippen LogP contribution in [0.5, 0.6) is 5.75 Å². The summed E-state index contributed by atoms with van der Waals surface area (Å²) in [6, 6.07) is 5.55. The Hall–Kier alpha value is -1.72. The van der Waals surface area contributed by atoms with E-state index in [1.165, 1.54) is 18.3 Å². The van der Waals surface area contributed by atoms with Crippen LogP contribution in [0.1, 0.15) is 10.4 Å². The first-order chi connectivity index (χ1) is 14.0. The van der Waals surface area contributed by atoms with E-state index in [0.29, 0.717) is 20.1 Å². The molecule has 0 saturated heterocycles. The number of benzene rings is 1. The second-order valence-corrected chi connectivity index (χ2v) is 11.4. The first-order valence-electron chi connectivity index (χ1n) is 7.94. The molecule has 1 aromatic carbocycles. The molecule has 0 aliphatic rings. The van der Waals surface area contributed by atoms with Gasteiger partial charge < -0.3 is 14.2 Å². The quantitative estimate of drug-likeness (QED) is 0.361. The number of carbonyl (C=O) groups excluding carboxylic acids is 1. The van der Waals surface area contributed by atoms with Gasteiger partial charge in [-0.1, -0.05) is 23.2 Å². The Bertz CT molecular complexity index is 1240. The number of fused-ring (bicyclic) bond motifs is 1. The van der Waals surface area contributed by atoms with Crippen LogP contribution in [0.2, 0.25) is 10.0 Å². The summed E-state index contributed by atoms with van der Waals surface area (Å²) in [5.41, 5.74) is -0.00499. The number of nitrogens with one attached hydrogen (secondary N) is 1. The second kappa shape index (κ2) is 8.80. The van der Waals surface area contributed by atoms with Crippen LogP contribution < -0.4 is 9.25 Å². The molecule has 9 nitrogen and oxygen atoms in total. The van der Waals surface area contributed by atoms with Crippen molar-refractivity contribution in [3.8, 4) is 5.75 Å². The van der Waals surface area contributed by atoms with Crippen molar-refractivity contribution in [3.05, 3.63) is 52.3 Å². The molecular weight excluding hydrogens is 498 g/mol. The summed E-state index contributed by atoms with van der Waals surface area (Å²) >= 11 is 13.0. The summed E-state index contributed by atoms with van der Waals surface area (Å²) < 4.78 is 49.3. The number of rotatable bonds is 7. The van der Waals surface area contributed by atoms with Crippen molar-refractivity contribution >= 4 is 68.2 Å². The zero-order valence-electron chi connectivity index (χ0n) is 15.0. The van der Waals surface area contributed by atoms with Gasteiger partial charge in [-0.15, -0.1) is 11.3 Å². The monoisotopic (exact) mass is 510 g/mol. The molecule has 0 aliphatic heterocycles. The number of hydrogen-bond donors (Lipinski definition) is 2. The molecule has 30 heavy (non-hydrogen) atoms. The SMILES string of the molecule is COC(=O)c1cncc(OP(=O)(O)CNS(=O)(=O)c2cc3c(Cl)ccc(Cl)c3s2)c1. The molecule has 0 aliphatic carbocycles. The number of aromatic nitrogens is 1. The predicted octanol–water partition coefficient (Wildman–Crippen LogP) is 3.89. The lowest BCUT2D eigenvalue weighted by Crippen LogP contribution is -2.25. The smallest absolute Gasteiger partial charge is 0.391 e. The first kappa shape index (κ1) is 23.0. The highest BCUT2D eigenvalue weighted by molar-refractivity contribution is 7.92. The summed E-state index contributed by atoms with van der Waals surface area (Å²) in [7, 11) is -7.47. The number of sulfonamides is 1. The minimum atomic E-state index is -4.47. The van der Waals surface area contributed by atoms with E-state index in [-0.39, 0.29) is 15.5 Å². The topological polar surface area (TPSA) is 132 Å². The summed E-state index contributed by atoms with van der Waals surface area (Å²) in [6.45, 7) is 0. The van der Waals surface area contributed by atoms with E-state index in [0.717, 1.165) is 30.7 Å². The Morgan fingerprint density at radius 2 is 1.97 bits per heavy atom. The van der Waals surface area contributed by atoms with Gasteiger partial charge in [0, 0.05) is 16.6 Å². The number of carbonyl (C=O) groups is 1. The molecule has 0 spiro atoms. The number of nitrogens with zero attached hydrogens (tertiary/aromatic N) is 1. The minimum absolute atomic E-state index is 0.00499. The number of thiophene rings is 1. The fourth-order valence-electron chi connectivity index (χ4n) is 2.30. The molecule has 1 atom stereocenters. The van der Waals surface area contributed by atoms with Crippen LogP contribution in [-0.2, 0) is 19.3 Å². The average molecular weight is 511 g/mol. The molecule has 14 heteroatoms. The highest BCUT2D eigenvalue weighted by Gasteiger charge is 2.27. The molecule has 3 rings (SSSR count). The van der Waals surface area contributed by atoms with E-state index in [2.05, 4.69) is 9.72 Å². The van der Waals surface area contributed by atoms with Gasteiger partial charge in [-0.25, -0.2) is 17.8 Å². The van der Waals surface area contributed by atoms with Crippen molar-refractivity contribution in [1.82, 2.24) is 9.71 Å². The fraction of sp³-hybridized carbons (Fsp3) is 0.125. The molecule has 0 fully saturated rings. The zero-order valence-corrected chi connectivity index (χ0v) is 19.1. The Morgan fingerprint density at radius 3 is 2.63 bits per heavy atom. The molecule has 0 amide bonds. The van der Waals surface area contributed by atoms with Crippen LogP contribution in [0.15, 0.2) is 40.9 Å². The molecule has 2 heterocycles. The van der Waals surface area contributed by atoms with Gasteiger partial charge in [0.1, 0.15) is 16.2 Å². The average Bonchev–Trinajstić information content (AvgIpc) is 3.17. The number of ether oxygens (including phenoxy) is 1. The molecular formula is C16H13Cl2N2O7PS2. The highest BCUT2D eigenvalue weighted by atomic mass is 35.5. The van der Waals surface area contributed by atoms with Gasteiger partial charge in [0.25, 0.3) is 10.0 Å². The Morgan fingerprint density at radius 1 is 1.27 bits per heavy atom. The lowest BCUT2D eigenvalue weighted by molar-refractivity contribution is 0.0600. The Kier molecular flexibility index (Phi) is 6.73. The van der Waals surface area contributed by atoms with Crippen LogP contribution in [-0.4, -0.2) is 37.7 Å². The van der Waals surface area contributed by atoms with E-state index in [9.17, 15) is 22.7 Å². The summed E-state index contributed by atoms with van der Waals surface area (Å²) in [6.07, 6.45) is 1.36. The maximum absolute atomic E-state index is 12.6. The molecule has 160 valence electrons. The van der Waals surface area contributed by atoms with Crippen molar-refractivity contribution < 1.29 is 31.9 Å². The van der Waals surface area contributed by atoms with E-state index in [4.69, 9.17) is 27.7 Å². The molecule has 3 aromatic rings. The van der Waals surface area contributed by atoms with Crippen molar-refractivity contribution in [3.63, 3.8) is 0 Å². The lowest BCUT2D eigenvalue weighted by Gasteiger charge is -2.14. The van der Waals surface area contributed by atoms with Gasteiger partial charge in [0.2, 0.25) is 0 Å². The second-order valence-electron chi connectivity index (χ2n) is 5.77. The Balaban J connectivity index is 1.77. The largest absolute Gasteiger partial charge is 0.465 e. The first-order valence-corrected chi connectivity index (χ1v) is 12.8. The van der Waals surface area contributed by atoms with Crippen LogP contribution in [0.3, 0.4) is 0 Å². The number of pyridine rings is 1. The number of esters is 1. The van der Waals surface area contributed by atoms with Gasteiger partial charge in [-0.2, -0.15) is 4.72 Å². The maximum Gasteiger partial charge on any atom is 0.391 e. The maximum atomic E-state index is 12.6. The Labute approximate surface area is 185 Å². The molecule has 0 bridgehead atoms. The van der Waals surface area contributed by atoms with Crippen LogP contribution in [0.4, 0.5) is 0 Å². The highest BCUT2D eigenvalue weighted by Crippen LogP contribution is 2.42. The van der Waals surface area contributed by atoms with Crippen LogP contribution >= 0.6 is 42.1 Å². The van der Waals surface area contributed by atoms with E-state index in [1.807, 2.05) is 4.72 Å². The van der Waals surface area contributed by atoms with E-state index < -0.39 is 29.9 Å². The third-order valence-corrected chi connectivity index (χ3v) is 8.73. The minimum Gasteiger partial charge on any atom is -0.465 e. The summed E-state index contributed by atoms with van der Waals surface area (Å²) in [5.74, 6) is -0.924. The summed E-state index contributed by atoms with van der Waals surface area (Å²) in [5, 5.41) is 1.10. The lowest BCUT2D eigenvalue weighted by atomic mass is 10.3. The van der Waals surface area contributed by atoms with Crippen molar-refractivity contribution in [2.75, 3.05) is 13.4 Å². The number of hydrogen-bond acceptors (Lipinski definition) is 8. The molecule has 2 aromatic heterocycles. The van der Waals surface area contributed by atoms with Crippen LogP contribution in [0.25, 0.3) is 10.1 Å². The third-order valence-electron chi connectivity index (χ3n) is 3.66. The molecule has 0 radical (unpaired) electrons. The van der Waals surface area contributed by atoms with Crippen molar-refractivity contribution in [2.24, 2.45) is 0 Å². The van der Waals surface area contributed by atoms with Gasteiger partial charge in [0.15, 0.2) is 0 Å². The van der Waals surface area contributed by atoms with Crippen LogP contribution in [0, 0.1) is 0 Å². The van der Waals surface area contributed by atoms with Gasteiger partial charge in [0.05, 0.1) is 28.6 Å². The zero-order chi connectivity index (χ0) is 22.1. The standard InChI is InChI=1S/C16H13Cl2N2O7PS2/c1-26-16(21)9-4-10(7-19-6-9)27-28(22,23)8-20-30(24,25)14-5-11-12(17)2-3-13(18)15(11)29-14/h2-7,20H,8H2,1H3,(H,22,23). The van der Waals surface area contributed by atoms with Gasteiger partial charge >= 0.3 is 13.6 Å². The van der Waals surface area contributed by atoms with Gasteiger partial charge in [-0.3, -0.25) is 4.98 Å².